The molecule has 0 aliphatic carbocycles. The lowest BCUT2D eigenvalue weighted by Gasteiger charge is -2.38. The van der Waals surface area contributed by atoms with Gasteiger partial charge in [-0.05, 0) is 38.8 Å². The van der Waals surface area contributed by atoms with Gasteiger partial charge < -0.3 is 10.2 Å². The van der Waals surface area contributed by atoms with E-state index in [-0.39, 0.29) is 0 Å². The van der Waals surface area contributed by atoms with E-state index in [0.29, 0.717) is 12.1 Å². The molecule has 0 aromatic rings. The minimum absolute atomic E-state index is 0.572. The average Bonchev–Trinajstić information content (AvgIpc) is 2.21. The second-order valence-electron chi connectivity index (χ2n) is 4.86. The van der Waals surface area contributed by atoms with E-state index in [2.05, 4.69) is 37.6 Å². The van der Waals surface area contributed by atoms with Crippen LogP contribution in [0, 0.1) is 5.92 Å². The fraction of sp³-hybridized carbons (Fsp3) is 0.846. The van der Waals surface area contributed by atoms with Crippen LogP contribution in [0.1, 0.15) is 33.6 Å². The average molecular weight is 210 g/mol. The van der Waals surface area contributed by atoms with Crippen LogP contribution in [0.15, 0.2) is 12.7 Å². The Morgan fingerprint density at radius 3 is 2.87 bits per heavy atom. The van der Waals surface area contributed by atoms with Gasteiger partial charge in [0.2, 0.25) is 0 Å². The zero-order valence-corrected chi connectivity index (χ0v) is 10.5. The van der Waals surface area contributed by atoms with Gasteiger partial charge in [0.15, 0.2) is 0 Å². The summed E-state index contributed by atoms with van der Waals surface area (Å²) in [6, 6.07) is 1.27. The molecule has 0 spiro atoms. The Morgan fingerprint density at radius 1 is 1.60 bits per heavy atom. The van der Waals surface area contributed by atoms with Crippen molar-refractivity contribution in [2.75, 3.05) is 19.6 Å². The lowest BCUT2D eigenvalue weighted by molar-refractivity contribution is 0.147. The third kappa shape index (κ3) is 3.96. The van der Waals surface area contributed by atoms with Gasteiger partial charge in [-0.15, -0.1) is 6.58 Å². The predicted molar refractivity (Wildman–Crippen MR) is 67.1 cm³/mol. The van der Waals surface area contributed by atoms with E-state index in [1.807, 2.05) is 6.08 Å². The molecular weight excluding hydrogens is 184 g/mol. The summed E-state index contributed by atoms with van der Waals surface area (Å²) in [5, 5.41) is 3.72. The molecule has 3 atom stereocenters. The summed E-state index contributed by atoms with van der Waals surface area (Å²) in [5.41, 5.74) is 0. The van der Waals surface area contributed by atoms with Crippen LogP contribution >= 0.6 is 0 Å². The maximum Gasteiger partial charge on any atom is 0.0120 e. The number of hydrogen-bond donors (Lipinski definition) is 1. The lowest BCUT2D eigenvalue weighted by Crippen LogP contribution is -2.50. The molecule has 0 bridgehead atoms. The number of likely N-dealkylation sites (tertiary alicyclic amines) is 1. The Hall–Kier alpha value is -0.340. The maximum absolute atomic E-state index is 3.79. The first-order valence-electron chi connectivity index (χ1n) is 6.26. The first-order valence-corrected chi connectivity index (χ1v) is 6.26. The zero-order chi connectivity index (χ0) is 11.3. The molecule has 1 N–H and O–H groups in total. The molecule has 1 fully saturated rings. The standard InChI is InChI=1S/C13H26N2/c1-5-7-12(4)14-13-8-9-15(6-2)10-11(13)3/h5,11-14H,1,6-10H2,2-4H3. The van der Waals surface area contributed by atoms with E-state index in [1.165, 1.54) is 26.1 Å². The molecule has 2 heteroatoms. The van der Waals surface area contributed by atoms with E-state index in [4.69, 9.17) is 0 Å². The van der Waals surface area contributed by atoms with E-state index in [0.717, 1.165) is 12.3 Å². The van der Waals surface area contributed by atoms with Gasteiger partial charge in [0.25, 0.3) is 0 Å². The van der Waals surface area contributed by atoms with Crippen LogP contribution in [0.3, 0.4) is 0 Å². The monoisotopic (exact) mass is 210 g/mol. The van der Waals surface area contributed by atoms with Crippen molar-refractivity contribution in [1.29, 1.82) is 0 Å². The van der Waals surface area contributed by atoms with E-state index in [1.54, 1.807) is 0 Å². The van der Waals surface area contributed by atoms with Crippen LogP contribution in [0.2, 0.25) is 0 Å². The molecule has 0 aromatic carbocycles. The largest absolute Gasteiger partial charge is 0.311 e. The number of nitrogens with one attached hydrogen (secondary N) is 1. The molecule has 3 unspecified atom stereocenters. The molecular formula is C13H26N2. The van der Waals surface area contributed by atoms with Gasteiger partial charge in [0.05, 0.1) is 0 Å². The number of hydrogen-bond acceptors (Lipinski definition) is 2. The summed E-state index contributed by atoms with van der Waals surface area (Å²) in [5.74, 6) is 0.769. The quantitative estimate of drug-likeness (QED) is 0.700. The van der Waals surface area contributed by atoms with E-state index in [9.17, 15) is 0 Å². The third-order valence-electron chi connectivity index (χ3n) is 3.46. The molecule has 1 rings (SSSR count). The smallest absolute Gasteiger partial charge is 0.0120 e. The molecule has 1 aliphatic heterocycles. The van der Waals surface area contributed by atoms with Crippen LogP contribution in [-0.4, -0.2) is 36.6 Å². The second kappa shape index (κ2) is 6.29. The molecule has 0 aromatic heterocycles. The predicted octanol–water partition coefficient (Wildman–Crippen LogP) is 2.27. The summed E-state index contributed by atoms with van der Waals surface area (Å²) >= 11 is 0. The number of nitrogens with zero attached hydrogens (tertiary/aromatic N) is 1. The van der Waals surface area contributed by atoms with Gasteiger partial charge in [0, 0.05) is 18.6 Å². The molecule has 1 heterocycles. The van der Waals surface area contributed by atoms with Crippen LogP contribution < -0.4 is 5.32 Å². The van der Waals surface area contributed by atoms with Crippen LogP contribution in [0.4, 0.5) is 0 Å². The van der Waals surface area contributed by atoms with Gasteiger partial charge in [-0.2, -0.15) is 0 Å². The maximum atomic E-state index is 3.79. The molecule has 0 saturated carbocycles. The lowest BCUT2D eigenvalue weighted by atomic mass is 9.93. The van der Waals surface area contributed by atoms with Crippen molar-refractivity contribution >= 4 is 0 Å². The van der Waals surface area contributed by atoms with Crippen LogP contribution in [-0.2, 0) is 0 Å². The Bertz CT molecular complexity index is 191. The van der Waals surface area contributed by atoms with Crippen molar-refractivity contribution in [3.8, 4) is 0 Å². The van der Waals surface area contributed by atoms with Gasteiger partial charge in [-0.1, -0.05) is 19.9 Å². The fourth-order valence-corrected chi connectivity index (χ4v) is 2.45. The van der Waals surface area contributed by atoms with E-state index < -0.39 is 0 Å². The van der Waals surface area contributed by atoms with Gasteiger partial charge in [-0.25, -0.2) is 0 Å². The summed E-state index contributed by atoms with van der Waals surface area (Å²) in [6.07, 6.45) is 4.36. The number of piperidine rings is 1. The van der Waals surface area contributed by atoms with Crippen molar-refractivity contribution in [1.82, 2.24) is 10.2 Å². The van der Waals surface area contributed by atoms with Crippen molar-refractivity contribution in [3.05, 3.63) is 12.7 Å². The molecule has 2 nitrogen and oxygen atoms in total. The molecule has 1 aliphatic rings. The van der Waals surface area contributed by atoms with E-state index >= 15 is 0 Å². The summed E-state index contributed by atoms with van der Waals surface area (Å²) in [4.78, 5) is 2.54. The second-order valence-corrected chi connectivity index (χ2v) is 4.86. The molecule has 0 amide bonds. The fourth-order valence-electron chi connectivity index (χ4n) is 2.45. The zero-order valence-electron chi connectivity index (χ0n) is 10.5. The summed E-state index contributed by atoms with van der Waals surface area (Å²) in [6.45, 7) is 14.3. The Balaban J connectivity index is 2.34. The molecule has 0 radical (unpaired) electrons. The minimum Gasteiger partial charge on any atom is -0.311 e. The highest BCUT2D eigenvalue weighted by Crippen LogP contribution is 2.17. The minimum atomic E-state index is 0.572. The first-order chi connectivity index (χ1) is 7.17. The Morgan fingerprint density at radius 2 is 2.33 bits per heavy atom. The highest BCUT2D eigenvalue weighted by atomic mass is 15.1. The highest BCUT2D eigenvalue weighted by molar-refractivity contribution is 4.85. The molecule has 1 saturated heterocycles. The summed E-state index contributed by atoms with van der Waals surface area (Å²) < 4.78 is 0. The highest BCUT2D eigenvalue weighted by Gasteiger charge is 2.25. The van der Waals surface area contributed by atoms with Crippen molar-refractivity contribution in [3.63, 3.8) is 0 Å². The SMILES string of the molecule is C=CCC(C)NC1CCN(CC)CC1C. The van der Waals surface area contributed by atoms with Crippen molar-refractivity contribution in [2.45, 2.75) is 45.7 Å². The number of rotatable bonds is 5. The van der Waals surface area contributed by atoms with Crippen LogP contribution in [0.25, 0.3) is 0 Å². The summed E-state index contributed by atoms with van der Waals surface area (Å²) in [7, 11) is 0. The van der Waals surface area contributed by atoms with Gasteiger partial charge in [-0.3, -0.25) is 0 Å². The van der Waals surface area contributed by atoms with Gasteiger partial charge >= 0.3 is 0 Å². The Labute approximate surface area is 94.7 Å². The third-order valence-corrected chi connectivity index (χ3v) is 3.46. The molecule has 88 valence electrons. The van der Waals surface area contributed by atoms with Crippen molar-refractivity contribution in [2.24, 2.45) is 5.92 Å². The topological polar surface area (TPSA) is 15.3 Å². The van der Waals surface area contributed by atoms with Gasteiger partial charge in [0.1, 0.15) is 0 Å². The van der Waals surface area contributed by atoms with Crippen LogP contribution in [0.5, 0.6) is 0 Å². The molecule has 15 heavy (non-hydrogen) atoms. The normalized spacial score (nSPS) is 30.1. The Kier molecular flexibility index (Phi) is 5.34. The first kappa shape index (κ1) is 12.7. The van der Waals surface area contributed by atoms with Crippen molar-refractivity contribution < 1.29 is 0 Å².